The Morgan fingerprint density at radius 2 is 1.82 bits per heavy atom. The van der Waals surface area contributed by atoms with Crippen LogP contribution in [0.15, 0.2) is 30.3 Å². The number of carbonyl (C=O) groups excluding carboxylic acids is 1. The molecule has 0 aliphatic heterocycles. The lowest BCUT2D eigenvalue weighted by Crippen LogP contribution is -2.17. The highest BCUT2D eigenvalue weighted by atomic mass is 35.5. The maximum Gasteiger partial charge on any atom is 0.163 e. The van der Waals surface area contributed by atoms with E-state index in [9.17, 15) is 4.79 Å². The third-order valence-electron chi connectivity index (χ3n) is 3.61. The van der Waals surface area contributed by atoms with E-state index in [2.05, 4.69) is 0 Å². The van der Waals surface area contributed by atoms with E-state index in [1.54, 1.807) is 0 Å². The molecule has 1 saturated carbocycles. The molecule has 0 aromatic heterocycles. The van der Waals surface area contributed by atoms with E-state index < -0.39 is 0 Å². The second-order valence-corrected chi connectivity index (χ2v) is 5.47. The van der Waals surface area contributed by atoms with Crippen molar-refractivity contribution in [1.82, 2.24) is 0 Å². The highest BCUT2D eigenvalue weighted by Crippen LogP contribution is 2.30. The summed E-state index contributed by atoms with van der Waals surface area (Å²) in [4.78, 5) is 12.1. The lowest BCUT2D eigenvalue weighted by Gasteiger charge is -2.18. The molecule has 1 aromatic rings. The van der Waals surface area contributed by atoms with Gasteiger partial charge in [0, 0.05) is 17.4 Å². The van der Waals surface area contributed by atoms with E-state index >= 15 is 0 Å². The van der Waals surface area contributed by atoms with Crippen molar-refractivity contribution >= 4 is 17.4 Å². The summed E-state index contributed by atoms with van der Waals surface area (Å²) in [6.45, 7) is 0. The molecule has 2 heteroatoms. The topological polar surface area (TPSA) is 17.1 Å². The number of hydrogen-bond acceptors (Lipinski definition) is 1. The molecule has 1 fully saturated rings. The summed E-state index contributed by atoms with van der Waals surface area (Å²) in [5, 5.41) is 0.185. The van der Waals surface area contributed by atoms with Gasteiger partial charge < -0.3 is 0 Å². The van der Waals surface area contributed by atoms with Gasteiger partial charge in [0.2, 0.25) is 0 Å². The first-order valence-corrected chi connectivity index (χ1v) is 6.93. The standard InChI is InChI=1S/C15H19ClO/c16-14-10-6-2-5-9-13(14)11-15(17)12-7-3-1-4-8-12/h1,3-4,7-8,13-14H,2,5-6,9-11H2. The molecule has 0 N–H and O–H groups in total. The van der Waals surface area contributed by atoms with Crippen molar-refractivity contribution in [2.45, 2.75) is 43.9 Å². The average molecular weight is 251 g/mol. The fraction of sp³-hybridized carbons (Fsp3) is 0.533. The molecule has 0 radical (unpaired) electrons. The molecule has 92 valence electrons. The monoisotopic (exact) mass is 250 g/mol. The molecule has 1 aliphatic rings. The number of benzene rings is 1. The molecule has 1 nitrogen and oxygen atoms in total. The minimum Gasteiger partial charge on any atom is -0.294 e. The number of Topliss-reactive ketones (excluding diaryl/α,β-unsaturated/α-hetero) is 1. The normalized spacial score (nSPS) is 25.2. The summed E-state index contributed by atoms with van der Waals surface area (Å²) < 4.78 is 0. The van der Waals surface area contributed by atoms with E-state index in [-0.39, 0.29) is 11.2 Å². The van der Waals surface area contributed by atoms with Gasteiger partial charge >= 0.3 is 0 Å². The predicted molar refractivity (Wildman–Crippen MR) is 71.6 cm³/mol. The first-order chi connectivity index (χ1) is 8.27. The molecule has 2 unspecified atom stereocenters. The average Bonchev–Trinajstić information content (AvgIpc) is 2.56. The molecular weight excluding hydrogens is 232 g/mol. The van der Waals surface area contributed by atoms with Gasteiger partial charge in [-0.15, -0.1) is 11.6 Å². The van der Waals surface area contributed by atoms with Gasteiger partial charge in [-0.1, -0.05) is 49.6 Å². The van der Waals surface area contributed by atoms with Crippen LogP contribution in [-0.4, -0.2) is 11.2 Å². The number of halogens is 1. The highest BCUT2D eigenvalue weighted by Gasteiger charge is 2.24. The van der Waals surface area contributed by atoms with Crippen molar-refractivity contribution in [3.63, 3.8) is 0 Å². The molecular formula is C15H19ClO. The number of alkyl halides is 1. The van der Waals surface area contributed by atoms with Crippen LogP contribution >= 0.6 is 11.6 Å². The van der Waals surface area contributed by atoms with Crippen LogP contribution in [0.3, 0.4) is 0 Å². The Hall–Kier alpha value is -0.820. The summed E-state index contributed by atoms with van der Waals surface area (Å²) in [6, 6.07) is 9.55. The van der Waals surface area contributed by atoms with E-state index in [1.165, 1.54) is 19.3 Å². The Kier molecular flexibility index (Phi) is 4.61. The quantitative estimate of drug-likeness (QED) is 0.440. The molecule has 0 heterocycles. The summed E-state index contributed by atoms with van der Waals surface area (Å²) in [5.74, 6) is 0.607. The minimum absolute atomic E-state index is 0.185. The molecule has 1 aromatic carbocycles. The number of carbonyl (C=O) groups is 1. The first kappa shape index (κ1) is 12.6. The molecule has 0 saturated heterocycles. The fourth-order valence-electron chi connectivity index (χ4n) is 2.55. The predicted octanol–water partition coefficient (Wildman–Crippen LogP) is 4.45. The lowest BCUT2D eigenvalue weighted by molar-refractivity contribution is 0.0958. The van der Waals surface area contributed by atoms with Crippen molar-refractivity contribution < 1.29 is 4.79 Å². The Morgan fingerprint density at radius 1 is 1.12 bits per heavy atom. The lowest BCUT2D eigenvalue weighted by atomic mass is 9.91. The summed E-state index contributed by atoms with van der Waals surface area (Å²) in [6.07, 6.45) is 6.47. The SMILES string of the molecule is O=C(CC1CCCCCC1Cl)c1ccccc1. The van der Waals surface area contributed by atoms with Gasteiger partial charge in [-0.3, -0.25) is 4.79 Å². The van der Waals surface area contributed by atoms with Crippen LogP contribution in [0.2, 0.25) is 0 Å². The molecule has 2 rings (SSSR count). The molecule has 1 aliphatic carbocycles. The third kappa shape index (κ3) is 3.57. The van der Waals surface area contributed by atoms with Gasteiger partial charge in [0.15, 0.2) is 5.78 Å². The van der Waals surface area contributed by atoms with Gasteiger partial charge in [0.05, 0.1) is 0 Å². The van der Waals surface area contributed by atoms with Crippen LogP contribution in [0.25, 0.3) is 0 Å². The Balaban J connectivity index is 1.98. The Morgan fingerprint density at radius 3 is 2.59 bits per heavy atom. The van der Waals surface area contributed by atoms with Crippen molar-refractivity contribution in [2.75, 3.05) is 0 Å². The van der Waals surface area contributed by atoms with E-state index in [1.807, 2.05) is 30.3 Å². The Bertz CT molecular complexity index is 360. The van der Waals surface area contributed by atoms with Crippen LogP contribution in [0.4, 0.5) is 0 Å². The second kappa shape index (κ2) is 6.20. The van der Waals surface area contributed by atoms with Crippen LogP contribution in [0.5, 0.6) is 0 Å². The highest BCUT2D eigenvalue weighted by molar-refractivity contribution is 6.21. The largest absolute Gasteiger partial charge is 0.294 e. The van der Waals surface area contributed by atoms with Crippen LogP contribution < -0.4 is 0 Å². The van der Waals surface area contributed by atoms with Crippen molar-refractivity contribution in [1.29, 1.82) is 0 Å². The zero-order valence-corrected chi connectivity index (χ0v) is 10.8. The van der Waals surface area contributed by atoms with E-state index in [0.29, 0.717) is 12.3 Å². The van der Waals surface area contributed by atoms with Crippen LogP contribution in [0.1, 0.15) is 48.9 Å². The zero-order chi connectivity index (χ0) is 12.1. The zero-order valence-electron chi connectivity index (χ0n) is 10.1. The maximum absolute atomic E-state index is 12.1. The molecule has 2 atom stereocenters. The van der Waals surface area contributed by atoms with Crippen molar-refractivity contribution in [3.05, 3.63) is 35.9 Å². The number of ketones is 1. The molecule has 0 bridgehead atoms. The maximum atomic E-state index is 12.1. The molecule has 0 spiro atoms. The van der Waals surface area contributed by atoms with Gasteiger partial charge in [-0.25, -0.2) is 0 Å². The van der Waals surface area contributed by atoms with Gasteiger partial charge in [0.25, 0.3) is 0 Å². The molecule has 17 heavy (non-hydrogen) atoms. The van der Waals surface area contributed by atoms with Crippen molar-refractivity contribution in [2.24, 2.45) is 5.92 Å². The van der Waals surface area contributed by atoms with Gasteiger partial charge in [-0.2, -0.15) is 0 Å². The number of hydrogen-bond donors (Lipinski definition) is 0. The minimum atomic E-state index is 0.185. The summed E-state index contributed by atoms with van der Waals surface area (Å²) in [7, 11) is 0. The smallest absolute Gasteiger partial charge is 0.163 e. The fourth-order valence-corrected chi connectivity index (χ4v) is 2.92. The number of rotatable bonds is 3. The molecule has 0 amide bonds. The van der Waals surface area contributed by atoms with Crippen molar-refractivity contribution in [3.8, 4) is 0 Å². The van der Waals surface area contributed by atoms with Gasteiger partial charge in [0.1, 0.15) is 0 Å². The van der Waals surface area contributed by atoms with Crippen LogP contribution in [0, 0.1) is 5.92 Å². The third-order valence-corrected chi connectivity index (χ3v) is 4.18. The second-order valence-electron chi connectivity index (χ2n) is 4.91. The summed E-state index contributed by atoms with van der Waals surface area (Å²) in [5.41, 5.74) is 0.820. The Labute approximate surface area is 108 Å². The summed E-state index contributed by atoms with van der Waals surface area (Å²) >= 11 is 6.37. The first-order valence-electron chi connectivity index (χ1n) is 6.49. The van der Waals surface area contributed by atoms with Crippen LogP contribution in [-0.2, 0) is 0 Å². The van der Waals surface area contributed by atoms with E-state index in [0.717, 1.165) is 18.4 Å². The van der Waals surface area contributed by atoms with E-state index in [4.69, 9.17) is 11.6 Å². The van der Waals surface area contributed by atoms with Gasteiger partial charge in [-0.05, 0) is 18.8 Å².